The van der Waals surface area contributed by atoms with Gasteiger partial charge in [0.05, 0.1) is 26.0 Å². The van der Waals surface area contributed by atoms with E-state index in [0.29, 0.717) is 30.5 Å². The summed E-state index contributed by atoms with van der Waals surface area (Å²) < 4.78 is 7.49. The quantitative estimate of drug-likeness (QED) is 0.783. The molecule has 0 aromatic carbocycles. The smallest absolute Gasteiger partial charge is 0.258 e. The highest BCUT2D eigenvalue weighted by Gasteiger charge is 2.51. The SMILES string of the molecule is CC(C)COc1c(C(=O)NC23CC4CC(CC(C4)C2)C3)cnn1CCO. The first-order valence-corrected chi connectivity index (χ1v) is 10.1. The molecule has 0 spiro atoms. The third kappa shape index (κ3) is 3.36. The normalized spacial score (nSPS) is 32.2. The second kappa shape index (κ2) is 6.87. The van der Waals surface area contributed by atoms with Gasteiger partial charge in [0.2, 0.25) is 5.88 Å². The lowest BCUT2D eigenvalue weighted by atomic mass is 9.53. The second-order valence-electron chi connectivity index (χ2n) is 9.17. The second-order valence-corrected chi connectivity index (χ2v) is 9.17. The van der Waals surface area contributed by atoms with E-state index in [4.69, 9.17) is 4.74 Å². The molecule has 4 saturated carbocycles. The number of hydrogen-bond donors (Lipinski definition) is 2. The minimum atomic E-state index is -0.0742. The van der Waals surface area contributed by atoms with Crippen LogP contribution in [0.1, 0.15) is 62.7 Å². The van der Waals surface area contributed by atoms with Crippen molar-refractivity contribution in [2.75, 3.05) is 13.2 Å². The lowest BCUT2D eigenvalue weighted by Crippen LogP contribution is -2.59. The lowest BCUT2D eigenvalue weighted by Gasteiger charge is -2.56. The van der Waals surface area contributed by atoms with Gasteiger partial charge in [-0.3, -0.25) is 4.79 Å². The predicted octanol–water partition coefficient (Wildman–Crippen LogP) is 2.61. The molecule has 1 aromatic rings. The minimum Gasteiger partial charge on any atom is -0.477 e. The topological polar surface area (TPSA) is 76.4 Å². The van der Waals surface area contributed by atoms with Crippen molar-refractivity contribution in [1.82, 2.24) is 15.1 Å². The number of nitrogens with zero attached hydrogens (tertiary/aromatic N) is 2. The van der Waals surface area contributed by atoms with Gasteiger partial charge < -0.3 is 15.2 Å². The number of rotatable bonds is 7. The molecule has 0 unspecified atom stereocenters. The van der Waals surface area contributed by atoms with E-state index < -0.39 is 0 Å². The highest BCUT2D eigenvalue weighted by Crippen LogP contribution is 2.55. The Balaban J connectivity index is 1.52. The number of aliphatic hydroxyl groups is 1. The number of nitrogens with one attached hydrogen (secondary N) is 1. The summed E-state index contributed by atoms with van der Waals surface area (Å²) in [6, 6.07) is 0. The number of amides is 1. The van der Waals surface area contributed by atoms with Crippen LogP contribution in [0.3, 0.4) is 0 Å². The van der Waals surface area contributed by atoms with E-state index in [1.54, 1.807) is 10.9 Å². The Morgan fingerprint density at radius 2 is 1.92 bits per heavy atom. The zero-order chi connectivity index (χ0) is 18.3. The molecule has 5 rings (SSSR count). The van der Waals surface area contributed by atoms with E-state index in [1.807, 2.05) is 0 Å². The van der Waals surface area contributed by atoms with E-state index in [9.17, 15) is 9.90 Å². The van der Waals surface area contributed by atoms with Crippen molar-refractivity contribution in [3.8, 4) is 5.88 Å². The molecule has 0 radical (unpaired) electrons. The fourth-order valence-electron chi connectivity index (χ4n) is 5.75. The number of ether oxygens (including phenoxy) is 1. The number of hydrogen-bond acceptors (Lipinski definition) is 4. The number of aliphatic hydroxyl groups excluding tert-OH is 1. The van der Waals surface area contributed by atoms with Crippen LogP contribution in [0, 0.1) is 23.7 Å². The minimum absolute atomic E-state index is 0.0275. The van der Waals surface area contributed by atoms with Gasteiger partial charge in [0.15, 0.2) is 0 Å². The summed E-state index contributed by atoms with van der Waals surface area (Å²) in [6.07, 6.45) is 9.01. The highest BCUT2D eigenvalue weighted by atomic mass is 16.5. The summed E-state index contributed by atoms with van der Waals surface area (Å²) in [5, 5.41) is 16.9. The molecule has 0 aliphatic heterocycles. The average molecular weight is 361 g/mol. The molecule has 1 amide bonds. The summed E-state index contributed by atoms with van der Waals surface area (Å²) in [5.41, 5.74) is 0.468. The van der Waals surface area contributed by atoms with Gasteiger partial charge in [0.25, 0.3) is 5.91 Å². The number of carbonyl (C=O) groups excluding carboxylic acids is 1. The van der Waals surface area contributed by atoms with E-state index in [2.05, 4.69) is 24.3 Å². The zero-order valence-corrected chi connectivity index (χ0v) is 15.9. The Labute approximate surface area is 155 Å². The van der Waals surface area contributed by atoms with Crippen LogP contribution in [0.25, 0.3) is 0 Å². The maximum Gasteiger partial charge on any atom is 0.258 e. The molecule has 26 heavy (non-hydrogen) atoms. The first-order chi connectivity index (χ1) is 12.5. The van der Waals surface area contributed by atoms with Gasteiger partial charge in [-0.05, 0) is 62.2 Å². The van der Waals surface area contributed by atoms with Crippen LogP contribution >= 0.6 is 0 Å². The summed E-state index contributed by atoms with van der Waals surface area (Å²) in [4.78, 5) is 13.1. The summed E-state index contributed by atoms with van der Waals surface area (Å²) in [6.45, 7) is 4.96. The van der Waals surface area contributed by atoms with Crippen LogP contribution in [0.15, 0.2) is 6.20 Å². The molecular formula is C20H31N3O3. The van der Waals surface area contributed by atoms with Gasteiger partial charge in [-0.2, -0.15) is 5.10 Å². The Morgan fingerprint density at radius 3 is 2.46 bits per heavy atom. The third-order valence-corrected chi connectivity index (χ3v) is 6.32. The molecule has 6 nitrogen and oxygen atoms in total. The molecule has 4 aliphatic carbocycles. The van der Waals surface area contributed by atoms with Crippen LogP contribution in [0.2, 0.25) is 0 Å². The van der Waals surface area contributed by atoms with Gasteiger partial charge >= 0.3 is 0 Å². The van der Waals surface area contributed by atoms with Gasteiger partial charge in [-0.15, -0.1) is 0 Å². The Hall–Kier alpha value is -1.56. The van der Waals surface area contributed by atoms with Crippen molar-refractivity contribution < 1.29 is 14.6 Å². The van der Waals surface area contributed by atoms with Crippen molar-refractivity contribution >= 4 is 5.91 Å². The highest BCUT2D eigenvalue weighted by molar-refractivity contribution is 5.96. The average Bonchev–Trinajstić information content (AvgIpc) is 2.94. The van der Waals surface area contributed by atoms with E-state index in [1.165, 1.54) is 19.3 Å². The zero-order valence-electron chi connectivity index (χ0n) is 15.9. The lowest BCUT2D eigenvalue weighted by molar-refractivity contribution is -0.0167. The van der Waals surface area contributed by atoms with Gasteiger partial charge in [0, 0.05) is 5.54 Å². The largest absolute Gasteiger partial charge is 0.477 e. The van der Waals surface area contributed by atoms with Gasteiger partial charge in [-0.1, -0.05) is 13.8 Å². The molecule has 144 valence electrons. The number of aromatic nitrogens is 2. The van der Waals surface area contributed by atoms with E-state index >= 15 is 0 Å². The molecule has 2 N–H and O–H groups in total. The van der Waals surface area contributed by atoms with Crippen LogP contribution in [-0.2, 0) is 6.54 Å². The van der Waals surface area contributed by atoms with Crippen LogP contribution in [0.5, 0.6) is 5.88 Å². The standard InChI is InChI=1S/C20H31N3O3/c1-13(2)12-26-19-17(11-21-23(19)3-4-24)18(25)22-20-8-14-5-15(9-20)7-16(6-14)10-20/h11,13-16,24H,3-10,12H2,1-2H3,(H,22,25). The molecule has 0 atom stereocenters. The summed E-state index contributed by atoms with van der Waals surface area (Å²) in [5.74, 6) is 3.12. The van der Waals surface area contributed by atoms with E-state index in [0.717, 1.165) is 37.0 Å². The third-order valence-electron chi connectivity index (χ3n) is 6.32. The van der Waals surface area contributed by atoms with Crippen molar-refractivity contribution in [3.63, 3.8) is 0 Å². The predicted molar refractivity (Wildman–Crippen MR) is 98.0 cm³/mol. The van der Waals surface area contributed by atoms with Crippen molar-refractivity contribution in [1.29, 1.82) is 0 Å². The maximum absolute atomic E-state index is 13.1. The molecule has 4 fully saturated rings. The van der Waals surface area contributed by atoms with Crippen LogP contribution in [-0.4, -0.2) is 39.5 Å². The fraction of sp³-hybridized carbons (Fsp3) is 0.800. The first-order valence-electron chi connectivity index (χ1n) is 10.1. The first kappa shape index (κ1) is 17.8. The van der Waals surface area contributed by atoms with Crippen molar-refractivity contribution in [3.05, 3.63) is 11.8 Å². The van der Waals surface area contributed by atoms with Gasteiger partial charge in [0.1, 0.15) is 5.56 Å². The molecule has 1 heterocycles. The fourth-order valence-corrected chi connectivity index (χ4v) is 5.75. The molecule has 4 aliphatic rings. The van der Waals surface area contributed by atoms with Crippen LogP contribution < -0.4 is 10.1 Å². The maximum atomic E-state index is 13.1. The molecule has 6 heteroatoms. The summed E-state index contributed by atoms with van der Waals surface area (Å²) in [7, 11) is 0. The number of carbonyl (C=O) groups is 1. The van der Waals surface area contributed by atoms with Gasteiger partial charge in [-0.25, -0.2) is 4.68 Å². The van der Waals surface area contributed by atoms with E-state index in [-0.39, 0.29) is 18.1 Å². The Kier molecular flexibility index (Phi) is 4.71. The molecule has 4 bridgehead atoms. The monoisotopic (exact) mass is 361 g/mol. The van der Waals surface area contributed by atoms with Crippen molar-refractivity contribution in [2.24, 2.45) is 23.7 Å². The van der Waals surface area contributed by atoms with Crippen molar-refractivity contribution in [2.45, 2.75) is 64.5 Å². The molecular weight excluding hydrogens is 330 g/mol. The molecule has 1 aromatic heterocycles. The Morgan fingerprint density at radius 1 is 1.31 bits per heavy atom. The Bertz CT molecular complexity index is 632. The molecule has 0 saturated heterocycles. The summed E-state index contributed by atoms with van der Waals surface area (Å²) >= 11 is 0. The van der Waals surface area contributed by atoms with Crippen LogP contribution in [0.4, 0.5) is 0 Å².